The van der Waals surface area contributed by atoms with Crippen LogP contribution in [0, 0.1) is 5.82 Å². The third kappa shape index (κ3) is 7.34. The van der Waals surface area contributed by atoms with Crippen LogP contribution in [0.25, 0.3) is 0 Å². The molecule has 1 aliphatic heterocycles. The Morgan fingerprint density at radius 3 is 2.41 bits per heavy atom. The largest absolute Gasteiger partial charge is 0.377 e. The van der Waals surface area contributed by atoms with Crippen molar-refractivity contribution in [2.75, 3.05) is 64.4 Å². The van der Waals surface area contributed by atoms with Crippen molar-refractivity contribution in [1.82, 2.24) is 15.5 Å². The van der Waals surface area contributed by atoms with Crippen molar-refractivity contribution < 1.29 is 9.13 Å². The number of hydrogen-bond donors (Lipinski definition) is 2. The molecule has 2 N–H and O–H groups in total. The summed E-state index contributed by atoms with van der Waals surface area (Å²) >= 11 is 0. The van der Waals surface area contributed by atoms with E-state index in [4.69, 9.17) is 4.74 Å². The Labute approximate surface area is 162 Å². The minimum atomic E-state index is -0.265. The second kappa shape index (κ2) is 10.5. The fourth-order valence-electron chi connectivity index (χ4n) is 2.89. The Kier molecular flexibility index (Phi) is 8.31. The molecule has 1 saturated heterocycles. The first-order valence-electron chi connectivity index (χ1n) is 9.74. The standard InChI is InChI=1S/C20H34FN5O/c1-5-22-19(24-16-20(2,3)27-4)23-10-11-25-12-14-26(15-13-25)18-8-6-17(21)7-9-18/h6-9H,5,10-16H2,1-4H3,(H2,22,23,24). The van der Waals surface area contributed by atoms with E-state index in [0.29, 0.717) is 6.54 Å². The molecule has 152 valence electrons. The maximum Gasteiger partial charge on any atom is 0.191 e. The fourth-order valence-corrected chi connectivity index (χ4v) is 2.89. The van der Waals surface area contributed by atoms with Crippen molar-refractivity contribution in [2.24, 2.45) is 4.99 Å². The molecule has 0 aliphatic carbocycles. The summed E-state index contributed by atoms with van der Waals surface area (Å²) in [6.07, 6.45) is 0. The zero-order valence-corrected chi connectivity index (χ0v) is 17.1. The van der Waals surface area contributed by atoms with E-state index in [0.717, 1.165) is 57.5 Å². The van der Waals surface area contributed by atoms with Gasteiger partial charge in [0.25, 0.3) is 0 Å². The van der Waals surface area contributed by atoms with Crippen LogP contribution in [0.2, 0.25) is 0 Å². The van der Waals surface area contributed by atoms with E-state index >= 15 is 0 Å². The molecule has 0 amide bonds. The van der Waals surface area contributed by atoms with Gasteiger partial charge in [0.1, 0.15) is 5.82 Å². The molecule has 1 aliphatic rings. The lowest BCUT2D eigenvalue weighted by Gasteiger charge is -2.36. The first-order chi connectivity index (χ1) is 12.9. The molecule has 0 aromatic heterocycles. The number of anilines is 1. The van der Waals surface area contributed by atoms with Gasteiger partial charge in [0.05, 0.1) is 12.1 Å². The molecular weight excluding hydrogens is 345 g/mol. The molecule has 0 radical (unpaired) electrons. The van der Waals surface area contributed by atoms with E-state index in [1.165, 1.54) is 12.1 Å². The smallest absolute Gasteiger partial charge is 0.191 e. The Morgan fingerprint density at radius 2 is 1.81 bits per heavy atom. The summed E-state index contributed by atoms with van der Waals surface area (Å²) in [6, 6.07) is 6.76. The van der Waals surface area contributed by atoms with Crippen LogP contribution in [0.15, 0.2) is 29.3 Å². The number of hydrogen-bond acceptors (Lipinski definition) is 4. The number of halogens is 1. The predicted molar refractivity (Wildman–Crippen MR) is 110 cm³/mol. The number of ether oxygens (including phenoxy) is 1. The number of benzene rings is 1. The van der Waals surface area contributed by atoms with Gasteiger partial charge < -0.3 is 20.3 Å². The summed E-state index contributed by atoms with van der Waals surface area (Å²) in [7, 11) is 1.71. The Hall–Kier alpha value is -1.86. The van der Waals surface area contributed by atoms with Gasteiger partial charge in [-0.25, -0.2) is 4.39 Å². The lowest BCUT2D eigenvalue weighted by molar-refractivity contribution is 0.0310. The molecule has 1 aromatic rings. The second-order valence-electron chi connectivity index (χ2n) is 7.39. The van der Waals surface area contributed by atoms with Gasteiger partial charge >= 0.3 is 0 Å². The Bertz CT molecular complexity index is 583. The first kappa shape index (κ1) is 21.4. The van der Waals surface area contributed by atoms with E-state index in [9.17, 15) is 4.39 Å². The normalized spacial score (nSPS) is 16.5. The minimum Gasteiger partial charge on any atom is -0.377 e. The van der Waals surface area contributed by atoms with Crippen LogP contribution < -0.4 is 15.5 Å². The monoisotopic (exact) mass is 379 g/mol. The molecule has 1 fully saturated rings. The summed E-state index contributed by atoms with van der Waals surface area (Å²) in [6.45, 7) is 13.3. The van der Waals surface area contributed by atoms with E-state index in [1.807, 2.05) is 26.0 Å². The van der Waals surface area contributed by atoms with Crippen molar-refractivity contribution in [3.63, 3.8) is 0 Å². The van der Waals surface area contributed by atoms with E-state index in [2.05, 4.69) is 32.3 Å². The van der Waals surface area contributed by atoms with Gasteiger partial charge in [0, 0.05) is 58.6 Å². The van der Waals surface area contributed by atoms with Crippen LogP contribution in [0.3, 0.4) is 0 Å². The third-order valence-corrected chi connectivity index (χ3v) is 4.80. The average Bonchev–Trinajstić information content (AvgIpc) is 2.67. The number of guanidine groups is 1. The number of rotatable bonds is 8. The number of piperazine rings is 1. The second-order valence-corrected chi connectivity index (χ2v) is 7.39. The molecule has 6 nitrogen and oxygen atoms in total. The minimum absolute atomic E-state index is 0.185. The van der Waals surface area contributed by atoms with Gasteiger partial charge in [-0.15, -0.1) is 0 Å². The molecular formula is C20H34FN5O. The van der Waals surface area contributed by atoms with Crippen molar-refractivity contribution in [3.05, 3.63) is 30.1 Å². The number of aliphatic imine (C=N–C) groups is 1. The Balaban J connectivity index is 1.73. The molecule has 0 saturated carbocycles. The molecule has 0 atom stereocenters. The van der Waals surface area contributed by atoms with Gasteiger partial charge in [0.15, 0.2) is 5.96 Å². The Morgan fingerprint density at radius 1 is 1.15 bits per heavy atom. The summed E-state index contributed by atoms with van der Waals surface area (Å²) < 4.78 is 18.5. The van der Waals surface area contributed by atoms with Crippen LogP contribution in [-0.4, -0.2) is 75.9 Å². The van der Waals surface area contributed by atoms with Gasteiger partial charge in [-0.1, -0.05) is 0 Å². The van der Waals surface area contributed by atoms with Gasteiger partial charge in [-0.3, -0.25) is 9.89 Å². The zero-order valence-electron chi connectivity index (χ0n) is 17.1. The van der Waals surface area contributed by atoms with Crippen LogP contribution in [0.4, 0.5) is 10.1 Å². The highest BCUT2D eigenvalue weighted by atomic mass is 19.1. The maximum atomic E-state index is 13.1. The highest BCUT2D eigenvalue weighted by Crippen LogP contribution is 2.16. The fraction of sp³-hybridized carbons (Fsp3) is 0.650. The van der Waals surface area contributed by atoms with Gasteiger partial charge in [0.2, 0.25) is 0 Å². The molecule has 0 unspecified atom stereocenters. The quantitative estimate of drug-likeness (QED) is 0.534. The molecule has 0 bridgehead atoms. The van der Waals surface area contributed by atoms with Crippen molar-refractivity contribution in [3.8, 4) is 0 Å². The van der Waals surface area contributed by atoms with Gasteiger partial charge in [-0.05, 0) is 45.0 Å². The summed E-state index contributed by atoms with van der Waals surface area (Å²) in [5, 5.41) is 6.68. The van der Waals surface area contributed by atoms with Gasteiger partial charge in [-0.2, -0.15) is 0 Å². The van der Waals surface area contributed by atoms with Crippen LogP contribution in [0.5, 0.6) is 0 Å². The predicted octanol–water partition coefficient (Wildman–Crippen LogP) is 1.93. The summed E-state index contributed by atoms with van der Waals surface area (Å²) in [4.78, 5) is 9.36. The van der Waals surface area contributed by atoms with Crippen LogP contribution in [0.1, 0.15) is 20.8 Å². The average molecular weight is 380 g/mol. The lowest BCUT2D eigenvalue weighted by Crippen LogP contribution is -2.49. The molecule has 0 spiro atoms. The van der Waals surface area contributed by atoms with Crippen LogP contribution in [-0.2, 0) is 4.74 Å². The maximum absolute atomic E-state index is 13.1. The van der Waals surface area contributed by atoms with E-state index < -0.39 is 0 Å². The summed E-state index contributed by atoms with van der Waals surface area (Å²) in [5.41, 5.74) is 0.829. The topological polar surface area (TPSA) is 52.1 Å². The van der Waals surface area contributed by atoms with E-state index in [-0.39, 0.29) is 11.4 Å². The number of nitrogens with one attached hydrogen (secondary N) is 2. The number of methoxy groups -OCH3 is 1. The SMILES string of the molecule is CCNC(=NCC(C)(C)OC)NCCN1CCN(c2ccc(F)cc2)CC1. The molecule has 27 heavy (non-hydrogen) atoms. The van der Waals surface area contributed by atoms with Crippen molar-refractivity contribution in [1.29, 1.82) is 0 Å². The highest BCUT2D eigenvalue weighted by molar-refractivity contribution is 5.79. The third-order valence-electron chi connectivity index (χ3n) is 4.80. The zero-order chi connectivity index (χ0) is 19.7. The van der Waals surface area contributed by atoms with Crippen LogP contribution >= 0.6 is 0 Å². The highest BCUT2D eigenvalue weighted by Gasteiger charge is 2.18. The molecule has 1 aromatic carbocycles. The number of nitrogens with zero attached hydrogens (tertiary/aromatic N) is 3. The first-order valence-corrected chi connectivity index (χ1v) is 9.74. The molecule has 1 heterocycles. The molecule has 2 rings (SSSR count). The van der Waals surface area contributed by atoms with Crippen molar-refractivity contribution in [2.45, 2.75) is 26.4 Å². The lowest BCUT2D eigenvalue weighted by atomic mass is 10.1. The van der Waals surface area contributed by atoms with Crippen molar-refractivity contribution >= 4 is 11.6 Å². The van der Waals surface area contributed by atoms with E-state index in [1.54, 1.807) is 7.11 Å². The summed E-state index contributed by atoms with van der Waals surface area (Å²) in [5.74, 6) is 0.642. The molecule has 7 heteroatoms.